The summed E-state index contributed by atoms with van der Waals surface area (Å²) in [6.45, 7) is 3.64. The summed E-state index contributed by atoms with van der Waals surface area (Å²) in [6, 6.07) is 8.52. The van der Waals surface area contributed by atoms with Crippen molar-refractivity contribution in [3.63, 3.8) is 0 Å². The first-order valence-corrected chi connectivity index (χ1v) is 7.78. The second kappa shape index (κ2) is 7.27. The highest BCUT2D eigenvalue weighted by Crippen LogP contribution is 2.20. The van der Waals surface area contributed by atoms with Gasteiger partial charge in [-0.25, -0.2) is 0 Å². The predicted octanol–water partition coefficient (Wildman–Crippen LogP) is 3.72. The van der Waals surface area contributed by atoms with Crippen molar-refractivity contribution in [2.75, 3.05) is 19.6 Å². The third kappa shape index (κ3) is 4.38. The number of hydrogen-bond acceptors (Lipinski definition) is 2. The Bertz CT molecular complexity index is 359. The largest absolute Gasteiger partial charge is 0.324 e. The van der Waals surface area contributed by atoms with E-state index in [1.54, 1.807) is 0 Å². The van der Waals surface area contributed by atoms with Gasteiger partial charge >= 0.3 is 0 Å². The van der Waals surface area contributed by atoms with Crippen LogP contribution in [-0.4, -0.2) is 24.5 Å². The summed E-state index contributed by atoms with van der Waals surface area (Å²) >= 11 is 3.50. The van der Waals surface area contributed by atoms with Gasteiger partial charge < -0.3 is 10.6 Å². The fourth-order valence-electron chi connectivity index (χ4n) is 2.59. The third-order valence-electron chi connectivity index (χ3n) is 3.73. The van der Waals surface area contributed by atoms with E-state index >= 15 is 0 Å². The summed E-state index contributed by atoms with van der Waals surface area (Å²) in [6.07, 6.45) is 6.55. The molecule has 0 radical (unpaired) electrons. The Labute approximate surface area is 119 Å². The van der Waals surface area contributed by atoms with Crippen LogP contribution in [0, 0.1) is 0 Å². The molecule has 0 spiro atoms. The summed E-state index contributed by atoms with van der Waals surface area (Å²) in [7, 11) is 0. The maximum Gasteiger partial charge on any atom is 0.0307 e. The van der Waals surface area contributed by atoms with E-state index in [0.29, 0.717) is 0 Å². The average Bonchev–Trinajstić information content (AvgIpc) is 2.64. The Morgan fingerprint density at radius 3 is 2.56 bits per heavy atom. The number of benzene rings is 1. The predicted molar refractivity (Wildman–Crippen MR) is 80.6 cm³/mol. The molecule has 100 valence electrons. The fraction of sp³-hybridized carbons (Fsp3) is 0.600. The van der Waals surface area contributed by atoms with E-state index in [1.165, 1.54) is 44.3 Å². The second-order valence-corrected chi connectivity index (χ2v) is 6.12. The average molecular weight is 311 g/mol. The van der Waals surface area contributed by atoms with Gasteiger partial charge in [0.2, 0.25) is 0 Å². The molecule has 1 aromatic rings. The lowest BCUT2D eigenvalue weighted by atomic mass is 10.0. The van der Waals surface area contributed by atoms with Crippen molar-refractivity contribution < 1.29 is 0 Å². The highest BCUT2D eigenvalue weighted by Gasteiger charge is 2.12. The lowest BCUT2D eigenvalue weighted by molar-refractivity contribution is 0.273. The van der Waals surface area contributed by atoms with Gasteiger partial charge in [-0.2, -0.15) is 0 Å². The van der Waals surface area contributed by atoms with Crippen LogP contribution in [0.3, 0.4) is 0 Å². The SMILES string of the molecule is NC(CCN1CCCCCC1)c1cccc(Br)c1. The van der Waals surface area contributed by atoms with Gasteiger partial charge in [-0.15, -0.1) is 0 Å². The van der Waals surface area contributed by atoms with E-state index in [-0.39, 0.29) is 6.04 Å². The topological polar surface area (TPSA) is 29.3 Å². The van der Waals surface area contributed by atoms with Gasteiger partial charge in [0.1, 0.15) is 0 Å². The van der Waals surface area contributed by atoms with Crippen molar-refractivity contribution in [2.45, 2.75) is 38.1 Å². The number of likely N-dealkylation sites (tertiary alicyclic amines) is 1. The molecule has 0 saturated carbocycles. The molecule has 1 aliphatic rings. The Kier molecular flexibility index (Phi) is 5.67. The van der Waals surface area contributed by atoms with Crippen molar-refractivity contribution >= 4 is 15.9 Å². The van der Waals surface area contributed by atoms with Crippen LogP contribution in [-0.2, 0) is 0 Å². The molecule has 1 heterocycles. The van der Waals surface area contributed by atoms with Crippen molar-refractivity contribution in [3.05, 3.63) is 34.3 Å². The summed E-state index contributed by atoms with van der Waals surface area (Å²) < 4.78 is 1.12. The molecular formula is C15H23BrN2. The first kappa shape index (κ1) is 14.0. The van der Waals surface area contributed by atoms with Crippen LogP contribution in [0.1, 0.15) is 43.7 Å². The van der Waals surface area contributed by atoms with Crippen LogP contribution >= 0.6 is 15.9 Å². The molecule has 2 rings (SSSR count). The lowest BCUT2D eigenvalue weighted by Crippen LogP contribution is -2.28. The van der Waals surface area contributed by atoms with Crippen LogP contribution in [0.25, 0.3) is 0 Å². The van der Waals surface area contributed by atoms with Gasteiger partial charge in [0.05, 0.1) is 0 Å². The molecule has 1 aliphatic heterocycles. The van der Waals surface area contributed by atoms with Gasteiger partial charge in [-0.05, 0) is 56.6 Å². The number of halogens is 1. The fourth-order valence-corrected chi connectivity index (χ4v) is 3.00. The number of hydrogen-bond donors (Lipinski definition) is 1. The third-order valence-corrected chi connectivity index (χ3v) is 4.23. The monoisotopic (exact) mass is 310 g/mol. The number of rotatable bonds is 4. The molecule has 2 N–H and O–H groups in total. The Morgan fingerprint density at radius 2 is 1.89 bits per heavy atom. The Hall–Kier alpha value is -0.380. The summed E-state index contributed by atoms with van der Waals surface area (Å²) in [5.74, 6) is 0. The van der Waals surface area contributed by atoms with Gasteiger partial charge in [0.25, 0.3) is 0 Å². The quantitative estimate of drug-likeness (QED) is 0.918. The molecular weight excluding hydrogens is 288 g/mol. The van der Waals surface area contributed by atoms with E-state index in [1.807, 2.05) is 6.07 Å². The molecule has 2 nitrogen and oxygen atoms in total. The minimum atomic E-state index is 0.158. The highest BCUT2D eigenvalue weighted by atomic mass is 79.9. The van der Waals surface area contributed by atoms with Crippen LogP contribution in [0.2, 0.25) is 0 Å². The number of nitrogens with zero attached hydrogens (tertiary/aromatic N) is 1. The maximum absolute atomic E-state index is 6.27. The smallest absolute Gasteiger partial charge is 0.0307 e. The van der Waals surface area contributed by atoms with E-state index in [4.69, 9.17) is 5.73 Å². The zero-order valence-corrected chi connectivity index (χ0v) is 12.5. The first-order chi connectivity index (χ1) is 8.75. The second-order valence-electron chi connectivity index (χ2n) is 5.21. The summed E-state index contributed by atoms with van der Waals surface area (Å²) in [5, 5.41) is 0. The summed E-state index contributed by atoms with van der Waals surface area (Å²) in [5.41, 5.74) is 7.51. The van der Waals surface area contributed by atoms with Crippen LogP contribution in [0.15, 0.2) is 28.7 Å². The normalized spacial score (nSPS) is 19.4. The Balaban J connectivity index is 1.82. The Morgan fingerprint density at radius 1 is 1.17 bits per heavy atom. The molecule has 1 fully saturated rings. The molecule has 18 heavy (non-hydrogen) atoms. The van der Waals surface area contributed by atoms with Gasteiger partial charge in [0, 0.05) is 10.5 Å². The molecule has 1 unspecified atom stereocenters. The molecule has 1 saturated heterocycles. The molecule has 3 heteroatoms. The van der Waals surface area contributed by atoms with Crippen LogP contribution in [0.5, 0.6) is 0 Å². The van der Waals surface area contributed by atoms with E-state index in [0.717, 1.165) is 17.4 Å². The zero-order valence-electron chi connectivity index (χ0n) is 10.9. The lowest BCUT2D eigenvalue weighted by Gasteiger charge is -2.22. The maximum atomic E-state index is 6.27. The van der Waals surface area contributed by atoms with Crippen molar-refractivity contribution in [1.29, 1.82) is 0 Å². The van der Waals surface area contributed by atoms with Gasteiger partial charge in [0.15, 0.2) is 0 Å². The molecule has 0 bridgehead atoms. The van der Waals surface area contributed by atoms with Crippen LogP contribution < -0.4 is 5.73 Å². The van der Waals surface area contributed by atoms with Gasteiger partial charge in [-0.1, -0.05) is 40.9 Å². The van der Waals surface area contributed by atoms with E-state index in [2.05, 4.69) is 39.0 Å². The zero-order chi connectivity index (χ0) is 12.8. The summed E-state index contributed by atoms with van der Waals surface area (Å²) in [4.78, 5) is 2.57. The standard InChI is InChI=1S/C15H23BrN2/c16-14-7-5-6-13(12-14)15(17)8-11-18-9-3-1-2-4-10-18/h5-7,12,15H,1-4,8-11,17H2. The van der Waals surface area contributed by atoms with Crippen molar-refractivity contribution in [2.24, 2.45) is 5.73 Å². The first-order valence-electron chi connectivity index (χ1n) is 6.99. The molecule has 0 aliphatic carbocycles. The molecule has 0 aromatic heterocycles. The number of nitrogens with two attached hydrogens (primary N) is 1. The minimum Gasteiger partial charge on any atom is -0.324 e. The van der Waals surface area contributed by atoms with Crippen LogP contribution in [0.4, 0.5) is 0 Å². The van der Waals surface area contributed by atoms with Crippen molar-refractivity contribution in [3.8, 4) is 0 Å². The molecule has 0 amide bonds. The van der Waals surface area contributed by atoms with Gasteiger partial charge in [-0.3, -0.25) is 0 Å². The molecule has 1 atom stereocenters. The molecule has 1 aromatic carbocycles. The van der Waals surface area contributed by atoms with E-state index < -0.39 is 0 Å². The minimum absolute atomic E-state index is 0.158. The van der Waals surface area contributed by atoms with E-state index in [9.17, 15) is 0 Å². The van der Waals surface area contributed by atoms with Crippen molar-refractivity contribution in [1.82, 2.24) is 4.90 Å². The highest BCUT2D eigenvalue weighted by molar-refractivity contribution is 9.10.